The molecule has 0 bridgehead atoms. The molecule has 6 nitrogen and oxygen atoms in total. The Bertz CT molecular complexity index is 1040. The maximum Gasteiger partial charge on any atom is 0.248 e. The van der Waals surface area contributed by atoms with E-state index >= 15 is 0 Å². The van der Waals surface area contributed by atoms with Crippen LogP contribution in [0.3, 0.4) is 0 Å². The van der Waals surface area contributed by atoms with Crippen LogP contribution in [0.2, 0.25) is 0 Å². The average molecular weight is 402 g/mol. The quantitative estimate of drug-likeness (QED) is 0.556. The minimum Gasteiger partial charge on any atom is -0.324 e. The fraction of sp³-hybridized carbons (Fsp3) is 0.208. The predicted molar refractivity (Wildman–Crippen MR) is 120 cm³/mol. The number of benzene rings is 2. The van der Waals surface area contributed by atoms with E-state index in [1.165, 1.54) is 5.56 Å². The van der Waals surface area contributed by atoms with E-state index in [4.69, 9.17) is 0 Å². The summed E-state index contributed by atoms with van der Waals surface area (Å²) in [6.07, 6.45) is 5.74. The number of nitrogens with one attached hydrogen (secondary N) is 2. The van der Waals surface area contributed by atoms with Crippen LogP contribution in [-0.2, 0) is 9.59 Å². The first-order chi connectivity index (χ1) is 14.5. The standard InChI is InChI=1S/C24H26N4O2/c1-4-19(20-11-9-17(2)10-12-20)15-23(29)26-21-7-5-8-22(16-21)27-24(30)18(3)28-14-6-13-25-28/h5-16,18H,4H2,1-3H3,(H,26,29)(H,27,30). The molecule has 0 fully saturated rings. The Hall–Kier alpha value is -3.67. The number of hydrogen-bond donors (Lipinski definition) is 2. The minimum atomic E-state index is -0.442. The third-order valence-electron chi connectivity index (χ3n) is 4.81. The molecule has 3 rings (SSSR count). The van der Waals surface area contributed by atoms with Gasteiger partial charge in [-0.1, -0.05) is 42.8 Å². The number of anilines is 2. The van der Waals surface area contributed by atoms with E-state index in [0.717, 1.165) is 17.6 Å². The van der Waals surface area contributed by atoms with E-state index in [2.05, 4.69) is 15.7 Å². The zero-order valence-electron chi connectivity index (χ0n) is 17.4. The lowest BCUT2D eigenvalue weighted by molar-refractivity contribution is -0.119. The zero-order chi connectivity index (χ0) is 21.5. The highest BCUT2D eigenvalue weighted by atomic mass is 16.2. The fourth-order valence-electron chi connectivity index (χ4n) is 3.05. The maximum atomic E-state index is 12.5. The van der Waals surface area contributed by atoms with E-state index in [1.54, 1.807) is 60.4 Å². The molecule has 1 heterocycles. The maximum absolute atomic E-state index is 12.5. The summed E-state index contributed by atoms with van der Waals surface area (Å²) in [6.45, 7) is 5.83. The second kappa shape index (κ2) is 9.69. The number of rotatable bonds is 7. The normalized spacial score (nSPS) is 12.3. The molecule has 2 N–H and O–H groups in total. The molecule has 3 aromatic rings. The van der Waals surface area contributed by atoms with Crippen molar-refractivity contribution in [2.24, 2.45) is 0 Å². The number of nitrogens with zero attached hydrogens (tertiary/aromatic N) is 2. The van der Waals surface area contributed by atoms with Crippen LogP contribution in [0, 0.1) is 6.92 Å². The summed E-state index contributed by atoms with van der Waals surface area (Å²) in [7, 11) is 0. The molecule has 2 amide bonds. The SMILES string of the molecule is CCC(=CC(=O)Nc1cccc(NC(=O)C(C)n2cccn2)c1)c1ccc(C)cc1. The fourth-order valence-corrected chi connectivity index (χ4v) is 3.05. The van der Waals surface area contributed by atoms with Gasteiger partial charge in [0.2, 0.25) is 11.8 Å². The molecule has 0 radical (unpaired) electrons. The van der Waals surface area contributed by atoms with Gasteiger partial charge in [-0.05, 0) is 55.7 Å². The van der Waals surface area contributed by atoms with Crippen molar-refractivity contribution in [2.45, 2.75) is 33.2 Å². The number of amides is 2. The van der Waals surface area contributed by atoms with Crippen molar-refractivity contribution in [3.05, 3.63) is 84.2 Å². The molecule has 0 aliphatic heterocycles. The van der Waals surface area contributed by atoms with Gasteiger partial charge in [0.1, 0.15) is 6.04 Å². The van der Waals surface area contributed by atoms with Gasteiger partial charge in [0.25, 0.3) is 0 Å². The van der Waals surface area contributed by atoms with Gasteiger partial charge in [0.05, 0.1) is 0 Å². The third-order valence-corrected chi connectivity index (χ3v) is 4.81. The summed E-state index contributed by atoms with van der Waals surface area (Å²) >= 11 is 0. The van der Waals surface area contributed by atoms with Crippen molar-refractivity contribution in [2.75, 3.05) is 10.6 Å². The highest BCUT2D eigenvalue weighted by Gasteiger charge is 2.15. The Morgan fingerprint density at radius 2 is 1.77 bits per heavy atom. The van der Waals surface area contributed by atoms with E-state index in [9.17, 15) is 9.59 Å². The summed E-state index contributed by atoms with van der Waals surface area (Å²) in [6, 6.07) is 16.5. The first-order valence-corrected chi connectivity index (χ1v) is 9.95. The lowest BCUT2D eigenvalue weighted by Crippen LogP contribution is -2.24. The summed E-state index contributed by atoms with van der Waals surface area (Å²) < 4.78 is 1.59. The molecule has 6 heteroatoms. The number of carbonyl (C=O) groups is 2. The van der Waals surface area contributed by atoms with Gasteiger partial charge < -0.3 is 10.6 Å². The van der Waals surface area contributed by atoms with Crippen LogP contribution < -0.4 is 10.6 Å². The molecule has 1 aromatic heterocycles. The Balaban J connectivity index is 1.67. The highest BCUT2D eigenvalue weighted by Crippen LogP contribution is 2.20. The van der Waals surface area contributed by atoms with Gasteiger partial charge in [-0.2, -0.15) is 5.10 Å². The lowest BCUT2D eigenvalue weighted by Gasteiger charge is -2.13. The molecule has 0 spiro atoms. The summed E-state index contributed by atoms with van der Waals surface area (Å²) in [5, 5.41) is 9.83. The van der Waals surface area contributed by atoms with Gasteiger partial charge in [0.15, 0.2) is 0 Å². The molecule has 0 aliphatic carbocycles. The molecular formula is C24H26N4O2. The third kappa shape index (κ3) is 5.44. The molecule has 1 unspecified atom stereocenters. The Kier molecular flexibility index (Phi) is 6.80. The second-order valence-electron chi connectivity index (χ2n) is 7.11. The zero-order valence-corrected chi connectivity index (χ0v) is 17.4. The van der Waals surface area contributed by atoms with E-state index in [1.807, 2.05) is 38.1 Å². The van der Waals surface area contributed by atoms with E-state index in [0.29, 0.717) is 11.4 Å². The van der Waals surface area contributed by atoms with Gasteiger partial charge in [-0.25, -0.2) is 0 Å². The number of carbonyl (C=O) groups excluding carboxylic acids is 2. The Morgan fingerprint density at radius 1 is 1.07 bits per heavy atom. The number of hydrogen-bond acceptors (Lipinski definition) is 3. The average Bonchev–Trinajstić information content (AvgIpc) is 3.27. The summed E-state index contributed by atoms with van der Waals surface area (Å²) in [5.41, 5.74) is 4.39. The van der Waals surface area contributed by atoms with Crippen LogP contribution in [0.15, 0.2) is 73.1 Å². The molecule has 1 atom stereocenters. The van der Waals surface area contributed by atoms with Crippen molar-refractivity contribution < 1.29 is 9.59 Å². The lowest BCUT2D eigenvalue weighted by atomic mass is 10.0. The van der Waals surface area contributed by atoms with Crippen LogP contribution in [0.4, 0.5) is 11.4 Å². The van der Waals surface area contributed by atoms with E-state index in [-0.39, 0.29) is 11.8 Å². The smallest absolute Gasteiger partial charge is 0.248 e. The Morgan fingerprint density at radius 3 is 2.40 bits per heavy atom. The molecule has 0 aliphatic rings. The van der Waals surface area contributed by atoms with Crippen LogP contribution >= 0.6 is 0 Å². The van der Waals surface area contributed by atoms with Crippen molar-refractivity contribution in [3.8, 4) is 0 Å². The Labute approximate surface area is 176 Å². The van der Waals surface area contributed by atoms with Crippen LogP contribution in [0.5, 0.6) is 0 Å². The summed E-state index contributed by atoms with van der Waals surface area (Å²) in [5.74, 6) is -0.393. The molecule has 2 aromatic carbocycles. The van der Waals surface area contributed by atoms with Crippen molar-refractivity contribution in [3.63, 3.8) is 0 Å². The topological polar surface area (TPSA) is 76.0 Å². The van der Waals surface area contributed by atoms with Crippen molar-refractivity contribution >= 4 is 28.8 Å². The molecule has 0 saturated carbocycles. The largest absolute Gasteiger partial charge is 0.324 e. The monoisotopic (exact) mass is 402 g/mol. The number of aromatic nitrogens is 2. The summed E-state index contributed by atoms with van der Waals surface area (Å²) in [4.78, 5) is 25.0. The van der Waals surface area contributed by atoms with Gasteiger partial charge in [-0.15, -0.1) is 0 Å². The van der Waals surface area contributed by atoms with Crippen LogP contribution in [0.25, 0.3) is 5.57 Å². The van der Waals surface area contributed by atoms with Gasteiger partial charge in [0, 0.05) is 29.8 Å². The van der Waals surface area contributed by atoms with Crippen LogP contribution in [-0.4, -0.2) is 21.6 Å². The number of aryl methyl sites for hydroxylation is 1. The van der Waals surface area contributed by atoms with Crippen molar-refractivity contribution in [1.82, 2.24) is 9.78 Å². The second-order valence-corrected chi connectivity index (χ2v) is 7.11. The number of allylic oxidation sites excluding steroid dienone is 1. The van der Waals surface area contributed by atoms with Crippen molar-refractivity contribution in [1.29, 1.82) is 0 Å². The first-order valence-electron chi connectivity index (χ1n) is 9.95. The first kappa shape index (κ1) is 21.0. The van der Waals surface area contributed by atoms with Crippen LogP contribution in [0.1, 0.15) is 37.4 Å². The molecule has 154 valence electrons. The molecular weight excluding hydrogens is 376 g/mol. The van der Waals surface area contributed by atoms with Gasteiger partial charge in [-0.3, -0.25) is 14.3 Å². The van der Waals surface area contributed by atoms with E-state index < -0.39 is 6.04 Å². The molecule has 30 heavy (non-hydrogen) atoms. The highest BCUT2D eigenvalue weighted by molar-refractivity contribution is 6.04. The molecule has 0 saturated heterocycles. The predicted octanol–water partition coefficient (Wildman–Crippen LogP) is 4.82. The minimum absolute atomic E-state index is 0.185. The van der Waals surface area contributed by atoms with Gasteiger partial charge >= 0.3 is 0 Å².